The first-order chi connectivity index (χ1) is 16.0. The molecule has 0 saturated heterocycles. The quantitative estimate of drug-likeness (QED) is 0.241. The fraction of sp³-hybridized carbons (Fsp3) is 0.222. The highest BCUT2D eigenvalue weighted by molar-refractivity contribution is 6.02. The monoisotopic (exact) mass is 441 g/mol. The highest BCUT2D eigenvalue weighted by atomic mass is 16.5. The number of carbonyl (C=O) groups excluding carboxylic acids is 2. The molecular formula is C27H27N3O3. The lowest BCUT2D eigenvalue weighted by molar-refractivity contribution is -0.117. The zero-order valence-corrected chi connectivity index (χ0v) is 19.1. The minimum Gasteiger partial charge on any atom is -0.465 e. The molecule has 0 aliphatic carbocycles. The molecule has 2 aromatic carbocycles. The van der Waals surface area contributed by atoms with Crippen molar-refractivity contribution in [1.82, 2.24) is 9.88 Å². The van der Waals surface area contributed by atoms with Gasteiger partial charge in [0.25, 0.3) is 5.91 Å². The molecule has 0 radical (unpaired) electrons. The fourth-order valence-electron chi connectivity index (χ4n) is 3.79. The van der Waals surface area contributed by atoms with Gasteiger partial charge in [0.1, 0.15) is 11.6 Å². The molecule has 0 atom stereocenters. The van der Waals surface area contributed by atoms with Gasteiger partial charge in [-0.3, -0.25) is 4.79 Å². The average Bonchev–Trinajstić information content (AvgIpc) is 3.12. The number of methoxy groups -OCH3 is 1. The van der Waals surface area contributed by atoms with Crippen molar-refractivity contribution in [2.24, 2.45) is 0 Å². The number of carbonyl (C=O) groups is 2. The summed E-state index contributed by atoms with van der Waals surface area (Å²) in [6, 6.07) is 21.1. The van der Waals surface area contributed by atoms with Crippen LogP contribution in [0.2, 0.25) is 0 Å². The van der Waals surface area contributed by atoms with Crippen LogP contribution < -0.4 is 5.32 Å². The summed E-state index contributed by atoms with van der Waals surface area (Å²) in [6.07, 6.45) is 3.23. The van der Waals surface area contributed by atoms with Gasteiger partial charge in [0.15, 0.2) is 0 Å². The number of nitriles is 1. The number of hydrogen-bond acceptors (Lipinski definition) is 4. The number of ether oxygens (including phenoxy) is 1. The molecule has 0 unspecified atom stereocenters. The number of esters is 1. The molecule has 168 valence electrons. The molecule has 3 rings (SSSR count). The Labute approximate surface area is 194 Å². The van der Waals surface area contributed by atoms with E-state index >= 15 is 0 Å². The lowest BCUT2D eigenvalue weighted by Crippen LogP contribution is -2.25. The number of aryl methyl sites for hydroxylation is 2. The molecular weight excluding hydrogens is 414 g/mol. The summed E-state index contributed by atoms with van der Waals surface area (Å²) in [5.74, 6) is -0.826. The second-order valence-corrected chi connectivity index (χ2v) is 7.69. The van der Waals surface area contributed by atoms with Crippen LogP contribution in [0.4, 0.5) is 0 Å². The second kappa shape index (κ2) is 11.0. The van der Waals surface area contributed by atoms with Gasteiger partial charge in [-0.25, -0.2) is 4.79 Å². The van der Waals surface area contributed by atoms with Crippen molar-refractivity contribution in [2.75, 3.05) is 13.7 Å². The molecule has 0 saturated carbocycles. The van der Waals surface area contributed by atoms with E-state index in [2.05, 4.69) is 17.4 Å². The zero-order chi connectivity index (χ0) is 23.8. The number of hydrogen-bond donors (Lipinski definition) is 1. The highest BCUT2D eigenvalue weighted by Gasteiger charge is 2.18. The van der Waals surface area contributed by atoms with E-state index < -0.39 is 11.9 Å². The first-order valence-electron chi connectivity index (χ1n) is 10.8. The third kappa shape index (κ3) is 5.58. The van der Waals surface area contributed by atoms with Crippen molar-refractivity contribution in [3.05, 3.63) is 94.3 Å². The average molecular weight is 442 g/mol. The minimum atomic E-state index is -0.428. The number of para-hydroxylation sites is 1. The summed E-state index contributed by atoms with van der Waals surface area (Å²) in [7, 11) is 1.35. The van der Waals surface area contributed by atoms with Crippen molar-refractivity contribution in [3.63, 3.8) is 0 Å². The van der Waals surface area contributed by atoms with Gasteiger partial charge in [0.05, 0.1) is 18.4 Å². The summed E-state index contributed by atoms with van der Waals surface area (Å²) in [5.41, 5.74) is 4.79. The lowest BCUT2D eigenvalue weighted by atomic mass is 10.1. The van der Waals surface area contributed by atoms with Crippen LogP contribution in [0.5, 0.6) is 0 Å². The molecule has 0 aliphatic heterocycles. The number of benzene rings is 2. The Bertz CT molecular complexity index is 1220. The van der Waals surface area contributed by atoms with Crippen LogP contribution >= 0.6 is 0 Å². The van der Waals surface area contributed by atoms with Crippen molar-refractivity contribution in [1.29, 1.82) is 5.26 Å². The summed E-state index contributed by atoms with van der Waals surface area (Å²) in [5, 5.41) is 12.4. The lowest BCUT2D eigenvalue weighted by Gasteiger charge is -2.13. The third-order valence-corrected chi connectivity index (χ3v) is 5.46. The zero-order valence-electron chi connectivity index (χ0n) is 19.1. The normalized spacial score (nSPS) is 11.0. The largest absolute Gasteiger partial charge is 0.465 e. The Morgan fingerprint density at radius 2 is 1.79 bits per heavy atom. The van der Waals surface area contributed by atoms with Gasteiger partial charge < -0.3 is 14.6 Å². The van der Waals surface area contributed by atoms with Crippen LogP contribution in [0.3, 0.4) is 0 Å². The molecule has 0 fully saturated rings. The summed E-state index contributed by atoms with van der Waals surface area (Å²) in [4.78, 5) is 24.8. The summed E-state index contributed by atoms with van der Waals surface area (Å²) >= 11 is 0. The molecule has 6 heteroatoms. The van der Waals surface area contributed by atoms with Gasteiger partial charge >= 0.3 is 5.97 Å². The van der Waals surface area contributed by atoms with Crippen LogP contribution in [0.15, 0.2) is 66.2 Å². The van der Waals surface area contributed by atoms with E-state index in [1.54, 1.807) is 18.2 Å². The van der Waals surface area contributed by atoms with Gasteiger partial charge in [-0.15, -0.1) is 0 Å². The first kappa shape index (κ1) is 23.6. The molecule has 0 bridgehead atoms. The minimum absolute atomic E-state index is 0.0382. The number of nitrogens with zero attached hydrogens (tertiary/aromatic N) is 2. The number of rotatable bonds is 8. The van der Waals surface area contributed by atoms with Gasteiger partial charge in [-0.05, 0) is 62.1 Å². The number of amides is 1. The van der Waals surface area contributed by atoms with Crippen LogP contribution in [0.25, 0.3) is 11.8 Å². The smallest absolute Gasteiger partial charge is 0.339 e. The molecule has 1 heterocycles. The Balaban J connectivity index is 1.78. The van der Waals surface area contributed by atoms with E-state index in [0.717, 1.165) is 29.8 Å². The van der Waals surface area contributed by atoms with E-state index in [4.69, 9.17) is 4.74 Å². The maximum absolute atomic E-state index is 12.6. The molecule has 3 aromatic rings. The molecule has 33 heavy (non-hydrogen) atoms. The Morgan fingerprint density at radius 3 is 2.48 bits per heavy atom. The maximum Gasteiger partial charge on any atom is 0.339 e. The topological polar surface area (TPSA) is 84.1 Å². The van der Waals surface area contributed by atoms with Gasteiger partial charge in [-0.1, -0.05) is 42.5 Å². The molecule has 1 N–H and O–H groups in total. The van der Waals surface area contributed by atoms with E-state index in [-0.39, 0.29) is 5.57 Å². The number of nitrogens with one attached hydrogen (secondary N) is 1. The van der Waals surface area contributed by atoms with E-state index in [1.165, 1.54) is 12.7 Å². The van der Waals surface area contributed by atoms with Crippen LogP contribution in [-0.4, -0.2) is 30.1 Å². The predicted molar refractivity (Wildman–Crippen MR) is 128 cm³/mol. The maximum atomic E-state index is 12.6. The van der Waals surface area contributed by atoms with E-state index in [9.17, 15) is 14.9 Å². The van der Waals surface area contributed by atoms with Crippen LogP contribution in [-0.2, 0) is 16.0 Å². The van der Waals surface area contributed by atoms with Crippen LogP contribution in [0, 0.1) is 25.2 Å². The molecule has 0 aliphatic rings. The first-order valence-corrected chi connectivity index (χ1v) is 10.8. The molecule has 1 aromatic heterocycles. The Hall–Kier alpha value is -4.11. The standard InChI is InChI=1S/C27H27N3O3/c1-19-16-22(20(2)30(19)25-14-8-7-13-24(25)27(32)33-3)17-23(18-28)26(31)29-15-9-12-21-10-5-4-6-11-21/h4-8,10-11,13-14,16-17H,9,12,15H2,1-3H3,(H,29,31)/b23-17-. The van der Waals surface area contributed by atoms with Crippen molar-refractivity contribution < 1.29 is 14.3 Å². The summed E-state index contributed by atoms with van der Waals surface area (Å²) in [6.45, 7) is 4.28. The van der Waals surface area contributed by atoms with Crippen molar-refractivity contribution >= 4 is 18.0 Å². The van der Waals surface area contributed by atoms with Gasteiger partial charge in [0.2, 0.25) is 0 Å². The van der Waals surface area contributed by atoms with Gasteiger partial charge in [0, 0.05) is 17.9 Å². The van der Waals surface area contributed by atoms with E-state index in [1.807, 2.05) is 60.9 Å². The molecule has 1 amide bonds. The Kier molecular flexibility index (Phi) is 7.82. The van der Waals surface area contributed by atoms with E-state index in [0.29, 0.717) is 17.8 Å². The molecule has 6 nitrogen and oxygen atoms in total. The van der Waals surface area contributed by atoms with Crippen molar-refractivity contribution in [2.45, 2.75) is 26.7 Å². The SMILES string of the molecule is COC(=O)c1ccccc1-n1c(C)cc(/C=C(/C#N)C(=O)NCCCc2ccccc2)c1C. The summed E-state index contributed by atoms with van der Waals surface area (Å²) < 4.78 is 6.83. The predicted octanol–water partition coefficient (Wildman–Crippen LogP) is 4.54. The fourth-order valence-corrected chi connectivity index (χ4v) is 3.79. The number of aromatic nitrogens is 1. The second-order valence-electron chi connectivity index (χ2n) is 7.69. The van der Waals surface area contributed by atoms with Crippen LogP contribution in [0.1, 0.15) is 39.3 Å². The van der Waals surface area contributed by atoms with Crippen molar-refractivity contribution in [3.8, 4) is 11.8 Å². The van der Waals surface area contributed by atoms with Gasteiger partial charge in [-0.2, -0.15) is 5.26 Å². The molecule has 0 spiro atoms. The third-order valence-electron chi connectivity index (χ3n) is 5.46. The highest BCUT2D eigenvalue weighted by Crippen LogP contribution is 2.25. The Morgan fingerprint density at radius 1 is 1.09 bits per heavy atom.